The van der Waals surface area contributed by atoms with Crippen LogP contribution in [0.5, 0.6) is 0 Å². The van der Waals surface area contributed by atoms with Crippen LogP contribution in [-0.4, -0.2) is 20.6 Å². The number of nitriles is 1. The lowest BCUT2D eigenvalue weighted by molar-refractivity contribution is 0.632. The number of benzene rings is 1. The SMILES string of the molecule is N#CC(=CNc1c(F)ccc(Cl)c1Cl)c1nn[nH]n1. The second-order valence-corrected chi connectivity index (χ2v) is 4.05. The molecule has 0 aliphatic carbocycles. The summed E-state index contributed by atoms with van der Waals surface area (Å²) < 4.78 is 13.6. The van der Waals surface area contributed by atoms with E-state index in [0.29, 0.717) is 0 Å². The summed E-state index contributed by atoms with van der Waals surface area (Å²) in [6.45, 7) is 0. The van der Waals surface area contributed by atoms with Crippen LogP contribution in [0, 0.1) is 17.1 Å². The first-order valence-corrected chi connectivity index (χ1v) is 5.63. The lowest BCUT2D eigenvalue weighted by Gasteiger charge is -2.06. The molecule has 0 radical (unpaired) electrons. The van der Waals surface area contributed by atoms with Crippen molar-refractivity contribution in [2.75, 3.05) is 5.32 Å². The van der Waals surface area contributed by atoms with Crippen molar-refractivity contribution in [1.82, 2.24) is 20.6 Å². The number of aromatic amines is 1. The first kappa shape index (κ1) is 13.3. The summed E-state index contributed by atoms with van der Waals surface area (Å²) in [4.78, 5) is 0. The Balaban J connectivity index is 2.32. The third kappa shape index (κ3) is 2.81. The van der Waals surface area contributed by atoms with Gasteiger partial charge < -0.3 is 5.32 Å². The van der Waals surface area contributed by atoms with Crippen molar-refractivity contribution in [3.8, 4) is 6.07 Å². The highest BCUT2D eigenvalue weighted by atomic mass is 35.5. The summed E-state index contributed by atoms with van der Waals surface area (Å²) in [7, 11) is 0. The maximum Gasteiger partial charge on any atom is 0.216 e. The number of halogens is 3. The molecule has 2 rings (SSSR count). The highest BCUT2D eigenvalue weighted by Gasteiger charge is 2.11. The predicted molar refractivity (Wildman–Crippen MR) is 67.8 cm³/mol. The van der Waals surface area contributed by atoms with E-state index in [1.165, 1.54) is 12.3 Å². The van der Waals surface area contributed by atoms with Crippen LogP contribution < -0.4 is 5.32 Å². The molecule has 2 aromatic rings. The molecule has 0 bridgehead atoms. The maximum atomic E-state index is 13.6. The first-order chi connectivity index (χ1) is 9.13. The highest BCUT2D eigenvalue weighted by molar-refractivity contribution is 6.43. The summed E-state index contributed by atoms with van der Waals surface area (Å²) in [6, 6.07) is 4.33. The van der Waals surface area contributed by atoms with Crippen LogP contribution in [0.15, 0.2) is 18.3 Å². The maximum absolute atomic E-state index is 13.6. The summed E-state index contributed by atoms with van der Waals surface area (Å²) in [6.07, 6.45) is 1.21. The molecule has 1 aromatic heterocycles. The van der Waals surface area contributed by atoms with Gasteiger partial charge in [-0.15, -0.1) is 10.2 Å². The van der Waals surface area contributed by atoms with Crippen LogP contribution >= 0.6 is 23.2 Å². The normalized spacial score (nSPS) is 11.2. The van der Waals surface area contributed by atoms with Crippen LogP contribution in [0.4, 0.5) is 10.1 Å². The average Bonchev–Trinajstić information content (AvgIpc) is 2.92. The fourth-order valence-electron chi connectivity index (χ4n) is 1.23. The number of nitrogens with one attached hydrogen (secondary N) is 2. The number of H-pyrrole nitrogens is 1. The molecule has 9 heteroatoms. The zero-order chi connectivity index (χ0) is 13.8. The number of hydrogen-bond acceptors (Lipinski definition) is 5. The molecular weight excluding hydrogens is 294 g/mol. The Kier molecular flexibility index (Phi) is 3.94. The summed E-state index contributed by atoms with van der Waals surface area (Å²) >= 11 is 11.6. The Bertz CT molecular complexity index is 661. The molecule has 6 nitrogen and oxygen atoms in total. The molecule has 0 spiro atoms. The van der Waals surface area contributed by atoms with Gasteiger partial charge in [-0.1, -0.05) is 23.2 Å². The van der Waals surface area contributed by atoms with E-state index < -0.39 is 5.82 Å². The van der Waals surface area contributed by atoms with Gasteiger partial charge in [-0.05, 0) is 17.3 Å². The van der Waals surface area contributed by atoms with Gasteiger partial charge >= 0.3 is 0 Å². The Morgan fingerprint density at radius 3 is 2.89 bits per heavy atom. The second-order valence-electron chi connectivity index (χ2n) is 3.27. The molecule has 1 aromatic carbocycles. The predicted octanol–water partition coefficient (Wildman–Crippen LogP) is 2.62. The molecule has 0 aliphatic heterocycles. The summed E-state index contributed by atoms with van der Waals surface area (Å²) in [5, 5.41) is 24.5. The third-order valence-electron chi connectivity index (χ3n) is 2.11. The average molecular weight is 299 g/mol. The monoisotopic (exact) mass is 298 g/mol. The molecule has 96 valence electrons. The minimum atomic E-state index is -0.601. The Morgan fingerprint density at radius 2 is 2.26 bits per heavy atom. The standard InChI is InChI=1S/C10H5Cl2FN6/c11-6-1-2-7(13)9(8(6)12)15-4-5(3-14)10-16-18-19-17-10/h1-2,4,15H,(H,16,17,18,19). The van der Waals surface area contributed by atoms with Gasteiger partial charge in [-0.25, -0.2) is 4.39 Å². The molecule has 2 N–H and O–H groups in total. The number of aromatic nitrogens is 4. The van der Waals surface area contributed by atoms with Gasteiger partial charge in [0.15, 0.2) is 0 Å². The largest absolute Gasteiger partial charge is 0.357 e. The van der Waals surface area contributed by atoms with Crippen LogP contribution in [0.1, 0.15) is 5.82 Å². The Hall–Kier alpha value is -2.17. The molecule has 19 heavy (non-hydrogen) atoms. The molecule has 0 aliphatic rings. The van der Waals surface area contributed by atoms with Gasteiger partial charge in [0, 0.05) is 6.20 Å². The molecule has 0 saturated heterocycles. The van der Waals surface area contributed by atoms with Crippen LogP contribution in [-0.2, 0) is 0 Å². The van der Waals surface area contributed by atoms with Gasteiger partial charge in [0.2, 0.25) is 5.82 Å². The van der Waals surface area contributed by atoms with Crippen LogP contribution in [0.2, 0.25) is 10.0 Å². The van der Waals surface area contributed by atoms with Crippen molar-refractivity contribution in [2.24, 2.45) is 0 Å². The molecule has 0 unspecified atom stereocenters. The second kappa shape index (κ2) is 5.65. The fraction of sp³-hybridized carbons (Fsp3) is 0. The molecule has 0 atom stereocenters. The van der Waals surface area contributed by atoms with Crippen LogP contribution in [0.25, 0.3) is 5.57 Å². The molecule has 0 saturated carbocycles. The van der Waals surface area contributed by atoms with E-state index in [9.17, 15) is 4.39 Å². The van der Waals surface area contributed by atoms with Gasteiger partial charge in [-0.3, -0.25) is 0 Å². The summed E-state index contributed by atoms with van der Waals surface area (Å²) in [5.41, 5.74) is 0.0228. The number of hydrogen-bond donors (Lipinski definition) is 2. The van der Waals surface area contributed by atoms with Crippen molar-refractivity contribution in [2.45, 2.75) is 0 Å². The molecule has 0 amide bonds. The number of rotatable bonds is 3. The minimum absolute atomic E-state index is 0.0170. The molecular formula is C10H5Cl2FN6. The number of nitrogens with zero attached hydrogens (tertiary/aromatic N) is 4. The Labute approximate surface area is 116 Å². The van der Waals surface area contributed by atoms with Gasteiger partial charge in [-0.2, -0.15) is 10.5 Å². The van der Waals surface area contributed by atoms with E-state index in [2.05, 4.69) is 25.9 Å². The van der Waals surface area contributed by atoms with Crippen molar-refractivity contribution in [3.05, 3.63) is 40.0 Å². The van der Waals surface area contributed by atoms with E-state index >= 15 is 0 Å². The van der Waals surface area contributed by atoms with Gasteiger partial charge in [0.1, 0.15) is 17.5 Å². The van der Waals surface area contributed by atoms with Crippen molar-refractivity contribution in [1.29, 1.82) is 5.26 Å². The van der Waals surface area contributed by atoms with E-state index in [1.807, 2.05) is 6.07 Å². The number of anilines is 1. The van der Waals surface area contributed by atoms with Crippen molar-refractivity contribution >= 4 is 34.5 Å². The van der Waals surface area contributed by atoms with E-state index in [4.69, 9.17) is 28.5 Å². The molecule has 0 fully saturated rings. The number of tetrazole rings is 1. The quantitative estimate of drug-likeness (QED) is 0.671. The highest BCUT2D eigenvalue weighted by Crippen LogP contribution is 2.32. The topological polar surface area (TPSA) is 90.3 Å². The zero-order valence-electron chi connectivity index (χ0n) is 9.15. The fourth-order valence-corrected chi connectivity index (χ4v) is 1.59. The van der Waals surface area contributed by atoms with Gasteiger partial charge in [0.05, 0.1) is 15.7 Å². The van der Waals surface area contributed by atoms with Crippen molar-refractivity contribution in [3.63, 3.8) is 0 Å². The minimum Gasteiger partial charge on any atom is -0.357 e. The van der Waals surface area contributed by atoms with E-state index in [0.717, 1.165) is 6.07 Å². The summed E-state index contributed by atoms with van der Waals surface area (Å²) in [5.74, 6) is -0.524. The first-order valence-electron chi connectivity index (χ1n) is 4.87. The smallest absolute Gasteiger partial charge is 0.216 e. The lowest BCUT2D eigenvalue weighted by Crippen LogP contribution is -1.96. The zero-order valence-corrected chi connectivity index (χ0v) is 10.7. The number of allylic oxidation sites excluding steroid dienone is 1. The molecule has 1 heterocycles. The Morgan fingerprint density at radius 1 is 1.47 bits per heavy atom. The third-order valence-corrected chi connectivity index (χ3v) is 2.92. The van der Waals surface area contributed by atoms with E-state index in [-0.39, 0.29) is 27.1 Å². The van der Waals surface area contributed by atoms with Crippen molar-refractivity contribution < 1.29 is 4.39 Å². The lowest BCUT2D eigenvalue weighted by atomic mass is 10.2. The van der Waals surface area contributed by atoms with Gasteiger partial charge in [0.25, 0.3) is 0 Å². The van der Waals surface area contributed by atoms with E-state index in [1.54, 1.807) is 0 Å². The van der Waals surface area contributed by atoms with Crippen LogP contribution in [0.3, 0.4) is 0 Å².